The van der Waals surface area contributed by atoms with E-state index in [1.165, 1.54) is 18.2 Å². The van der Waals surface area contributed by atoms with E-state index in [1.807, 2.05) is 27.7 Å². The lowest BCUT2D eigenvalue weighted by Gasteiger charge is -2.25. The van der Waals surface area contributed by atoms with E-state index in [2.05, 4.69) is 15.2 Å². The van der Waals surface area contributed by atoms with Gasteiger partial charge in [0.2, 0.25) is 0 Å². The summed E-state index contributed by atoms with van der Waals surface area (Å²) in [4.78, 5) is 56.4. The molecule has 1 aliphatic rings. The number of rotatable bonds is 19. The van der Waals surface area contributed by atoms with E-state index in [1.54, 1.807) is 27.0 Å². The van der Waals surface area contributed by atoms with Crippen molar-refractivity contribution in [1.29, 1.82) is 0 Å². The zero-order valence-corrected chi connectivity index (χ0v) is 30.0. The van der Waals surface area contributed by atoms with E-state index in [9.17, 15) is 23.6 Å². The number of methoxy groups -OCH3 is 1. The third-order valence-corrected chi connectivity index (χ3v) is 7.82. The number of hydrogen-bond acceptors (Lipinski definition) is 9. The smallest absolute Gasteiger partial charge is 0.416 e. The van der Waals surface area contributed by atoms with Crippen LogP contribution >= 0.6 is 0 Å². The minimum absolute atomic E-state index is 0.124. The van der Waals surface area contributed by atoms with E-state index in [0.29, 0.717) is 85.2 Å². The highest BCUT2D eigenvalue weighted by atomic mass is 19.1. The number of aromatic nitrogens is 1. The highest BCUT2D eigenvalue weighted by molar-refractivity contribution is 6.35. The summed E-state index contributed by atoms with van der Waals surface area (Å²) in [7, 11) is 1.63. The number of Topliss-reactive ketones (excluding diaryl/α,β-unsaturated/α-hetero) is 1. The summed E-state index contributed by atoms with van der Waals surface area (Å²) in [6.45, 7) is 16.4. The molecule has 0 saturated heterocycles. The van der Waals surface area contributed by atoms with Gasteiger partial charge in [0.25, 0.3) is 11.8 Å². The standard InChI is InChI=1S/C26H33FN4O4.C10H20O4/c1-6-13-35-26(34)31(12-11-30(7-2)8-3)25(33)23-16(4)22(28-17(23)5)15-20-19-14-18(27)9-10-21(19)29-24(20)32;1-3-13-7-8-14-9-10(11)5-4-6-12-2/h9-10,14-15,28H,6-8,11-13H2,1-5H3,(H,29,32);3-9H2,1-2H3/b20-15-;. The van der Waals surface area contributed by atoms with Crippen LogP contribution in [0.4, 0.5) is 14.9 Å². The number of imide groups is 1. The molecule has 1 aromatic carbocycles. The van der Waals surface area contributed by atoms with Crippen molar-refractivity contribution >= 4 is 41.0 Å². The van der Waals surface area contributed by atoms with Gasteiger partial charge in [0.15, 0.2) is 5.78 Å². The molecule has 0 aliphatic carbocycles. The van der Waals surface area contributed by atoms with Gasteiger partial charge in [0.05, 0.1) is 31.0 Å². The van der Waals surface area contributed by atoms with Crippen LogP contribution in [0.25, 0.3) is 11.6 Å². The van der Waals surface area contributed by atoms with Gasteiger partial charge in [-0.05, 0) is 76.5 Å². The highest BCUT2D eigenvalue weighted by Gasteiger charge is 2.30. The second kappa shape index (κ2) is 21.9. The number of halogens is 1. The van der Waals surface area contributed by atoms with Gasteiger partial charge in [-0.1, -0.05) is 20.8 Å². The molecule has 2 heterocycles. The Bertz CT molecular complexity index is 1420. The molecule has 12 nitrogen and oxygen atoms in total. The van der Waals surface area contributed by atoms with Crippen molar-refractivity contribution in [2.75, 3.05) is 78.2 Å². The van der Waals surface area contributed by atoms with Crippen LogP contribution in [0, 0.1) is 19.7 Å². The van der Waals surface area contributed by atoms with Crippen molar-refractivity contribution in [2.24, 2.45) is 0 Å². The second-order valence-electron chi connectivity index (χ2n) is 11.3. The average Bonchev–Trinajstić information content (AvgIpc) is 3.54. The zero-order valence-electron chi connectivity index (χ0n) is 30.0. The van der Waals surface area contributed by atoms with Crippen LogP contribution in [0.2, 0.25) is 0 Å². The summed E-state index contributed by atoms with van der Waals surface area (Å²) in [5.74, 6) is -1.14. The summed E-state index contributed by atoms with van der Waals surface area (Å²) in [6.07, 6.45) is 2.87. The lowest BCUT2D eigenvalue weighted by atomic mass is 10.0. The van der Waals surface area contributed by atoms with E-state index in [0.717, 1.165) is 24.4 Å². The minimum Gasteiger partial charge on any atom is -0.449 e. The highest BCUT2D eigenvalue weighted by Crippen LogP contribution is 2.34. The van der Waals surface area contributed by atoms with Crippen molar-refractivity contribution in [1.82, 2.24) is 14.8 Å². The Balaban J connectivity index is 0.000000502. The quantitative estimate of drug-likeness (QED) is 0.142. The Labute approximate surface area is 289 Å². The van der Waals surface area contributed by atoms with Crippen LogP contribution in [-0.2, 0) is 28.5 Å². The fraction of sp³-hybridized carbons (Fsp3) is 0.556. The van der Waals surface area contributed by atoms with E-state index in [4.69, 9.17) is 18.9 Å². The van der Waals surface area contributed by atoms with Gasteiger partial charge >= 0.3 is 6.09 Å². The topological polar surface area (TPSA) is 140 Å². The molecular weight excluding hydrogens is 635 g/mol. The van der Waals surface area contributed by atoms with Gasteiger partial charge in [-0.25, -0.2) is 14.1 Å². The number of benzene rings is 1. The van der Waals surface area contributed by atoms with Crippen molar-refractivity contribution in [2.45, 2.75) is 60.8 Å². The third kappa shape index (κ3) is 12.8. The molecule has 0 spiro atoms. The third-order valence-electron chi connectivity index (χ3n) is 7.82. The number of nitrogens with one attached hydrogen (secondary N) is 2. The number of amides is 3. The number of carbonyl (C=O) groups is 4. The van der Waals surface area contributed by atoms with Crippen LogP contribution in [0.15, 0.2) is 18.2 Å². The molecule has 49 heavy (non-hydrogen) atoms. The maximum absolute atomic E-state index is 13.8. The number of likely N-dealkylation sites (N-methyl/N-ethyl adjacent to an activating group) is 1. The molecule has 0 saturated carbocycles. The van der Waals surface area contributed by atoms with E-state index >= 15 is 0 Å². The maximum Gasteiger partial charge on any atom is 0.416 e. The Morgan fingerprint density at radius 1 is 0.959 bits per heavy atom. The summed E-state index contributed by atoms with van der Waals surface area (Å²) in [6, 6.07) is 4.10. The van der Waals surface area contributed by atoms with Gasteiger partial charge in [0.1, 0.15) is 12.4 Å². The van der Waals surface area contributed by atoms with E-state index < -0.39 is 17.8 Å². The molecule has 0 bridgehead atoms. The maximum atomic E-state index is 13.8. The molecule has 2 aromatic rings. The van der Waals surface area contributed by atoms with Crippen LogP contribution in [0.3, 0.4) is 0 Å². The fourth-order valence-electron chi connectivity index (χ4n) is 5.08. The first-order valence-electron chi connectivity index (χ1n) is 16.9. The summed E-state index contributed by atoms with van der Waals surface area (Å²) >= 11 is 0. The molecule has 0 fully saturated rings. The predicted molar refractivity (Wildman–Crippen MR) is 187 cm³/mol. The van der Waals surface area contributed by atoms with Crippen molar-refractivity contribution < 1.29 is 42.5 Å². The first-order chi connectivity index (χ1) is 23.5. The first-order valence-corrected chi connectivity index (χ1v) is 16.9. The van der Waals surface area contributed by atoms with Gasteiger partial charge in [-0.15, -0.1) is 0 Å². The lowest BCUT2D eigenvalue weighted by Crippen LogP contribution is -2.43. The SMILES string of the molecule is CCCOC(=O)N(CCN(CC)CC)C(=O)c1c(C)[nH]c(/C=C2\C(=O)Nc3ccc(F)cc32)c1C.CCOCCOCC(=O)CCCOC. The average molecular weight is 689 g/mol. The molecule has 3 rings (SSSR count). The number of ketones is 1. The number of ether oxygens (including phenoxy) is 4. The molecule has 1 aromatic heterocycles. The second-order valence-corrected chi connectivity index (χ2v) is 11.3. The number of aryl methyl sites for hydroxylation is 1. The van der Waals surface area contributed by atoms with Crippen LogP contribution in [0.5, 0.6) is 0 Å². The van der Waals surface area contributed by atoms with Crippen LogP contribution in [-0.4, -0.2) is 111 Å². The molecule has 0 unspecified atom stereocenters. The monoisotopic (exact) mass is 688 g/mol. The molecule has 2 N–H and O–H groups in total. The Kier molecular flexibility index (Phi) is 18.5. The number of aromatic amines is 1. The van der Waals surface area contributed by atoms with Crippen LogP contribution < -0.4 is 5.32 Å². The molecule has 0 atom stereocenters. The van der Waals surface area contributed by atoms with Crippen molar-refractivity contribution in [3.8, 4) is 0 Å². The number of fused-ring (bicyclic) bond motifs is 1. The molecule has 0 radical (unpaired) electrons. The number of carbonyl (C=O) groups excluding carboxylic acids is 4. The Hall–Kier alpha value is -3.91. The normalized spacial score (nSPS) is 12.8. The molecule has 1 aliphatic heterocycles. The van der Waals surface area contributed by atoms with Crippen molar-refractivity contribution in [3.63, 3.8) is 0 Å². The van der Waals surface area contributed by atoms with Gasteiger partial charge in [-0.2, -0.15) is 0 Å². The molecule has 272 valence electrons. The summed E-state index contributed by atoms with van der Waals surface area (Å²) < 4.78 is 34.1. The zero-order chi connectivity index (χ0) is 36.3. The van der Waals surface area contributed by atoms with Crippen molar-refractivity contribution in [3.05, 3.63) is 52.1 Å². The largest absolute Gasteiger partial charge is 0.449 e. The van der Waals surface area contributed by atoms with Gasteiger partial charge in [-0.3, -0.25) is 14.4 Å². The molecule has 13 heteroatoms. The summed E-state index contributed by atoms with van der Waals surface area (Å²) in [5.41, 5.74) is 3.33. The first kappa shape index (κ1) is 41.3. The fourth-order valence-corrected chi connectivity index (χ4v) is 5.08. The minimum atomic E-state index is -0.677. The van der Waals surface area contributed by atoms with E-state index in [-0.39, 0.29) is 31.4 Å². The Morgan fingerprint density at radius 2 is 1.67 bits per heavy atom. The lowest BCUT2D eigenvalue weighted by molar-refractivity contribution is -0.124. The van der Waals surface area contributed by atoms with Gasteiger partial charge in [0, 0.05) is 62.5 Å². The number of nitrogens with zero attached hydrogens (tertiary/aromatic N) is 2. The number of hydrogen-bond donors (Lipinski definition) is 2. The number of anilines is 1. The van der Waals surface area contributed by atoms with Gasteiger partial charge < -0.3 is 34.1 Å². The number of H-pyrrole nitrogens is 1. The molecular formula is C36H53FN4O8. The predicted octanol–water partition coefficient (Wildman–Crippen LogP) is 5.63. The van der Waals surface area contributed by atoms with Crippen LogP contribution in [0.1, 0.15) is 79.8 Å². The Morgan fingerprint density at radius 3 is 2.33 bits per heavy atom. The molecule has 3 amide bonds. The summed E-state index contributed by atoms with van der Waals surface area (Å²) in [5, 5.41) is 2.72.